The average Bonchev–Trinajstić information content (AvgIpc) is 3.10. The lowest BCUT2D eigenvalue weighted by Gasteiger charge is -2.19. The van der Waals surface area contributed by atoms with Crippen molar-refractivity contribution in [2.75, 3.05) is 19.6 Å². The van der Waals surface area contributed by atoms with Gasteiger partial charge in [0.05, 0.1) is 10.3 Å². The van der Waals surface area contributed by atoms with Gasteiger partial charge >= 0.3 is 0 Å². The number of hydrogen-bond donors (Lipinski definition) is 1. The molecule has 1 N–H and O–H groups in total. The van der Waals surface area contributed by atoms with Crippen LogP contribution >= 0.6 is 11.3 Å². The predicted octanol–water partition coefficient (Wildman–Crippen LogP) is 3.15. The molecule has 3 aromatic rings. The van der Waals surface area contributed by atoms with Crippen molar-refractivity contribution >= 4 is 33.1 Å². The van der Waals surface area contributed by atoms with Crippen LogP contribution in [0.1, 0.15) is 43.3 Å². The Morgan fingerprint density at radius 2 is 2.11 bits per heavy atom. The molecule has 3 rings (SSSR count). The van der Waals surface area contributed by atoms with E-state index in [1.165, 1.54) is 15.7 Å². The van der Waals surface area contributed by atoms with Gasteiger partial charge in [0, 0.05) is 12.2 Å². The summed E-state index contributed by atoms with van der Waals surface area (Å²) in [6.07, 6.45) is 3.67. The van der Waals surface area contributed by atoms with Gasteiger partial charge in [-0.05, 0) is 57.6 Å². The van der Waals surface area contributed by atoms with Crippen molar-refractivity contribution in [2.24, 2.45) is 0 Å². The Kier molecular flexibility index (Phi) is 6.23. The molecule has 0 saturated carbocycles. The summed E-state index contributed by atoms with van der Waals surface area (Å²) in [4.78, 5) is 33.2. The van der Waals surface area contributed by atoms with E-state index in [1.807, 2.05) is 13.0 Å². The Hall–Kier alpha value is -2.25. The Bertz CT molecular complexity index is 990. The second-order valence-corrected chi connectivity index (χ2v) is 7.75. The molecule has 3 heterocycles. The Labute approximate surface area is 162 Å². The normalized spacial score (nSPS) is 12.7. The van der Waals surface area contributed by atoms with Gasteiger partial charge in [0.2, 0.25) is 0 Å². The Morgan fingerprint density at radius 1 is 1.33 bits per heavy atom. The van der Waals surface area contributed by atoms with E-state index in [2.05, 4.69) is 29.0 Å². The zero-order valence-electron chi connectivity index (χ0n) is 16.1. The molecule has 6 nitrogen and oxygen atoms in total. The number of hydrogen-bond acceptors (Lipinski definition) is 5. The lowest BCUT2D eigenvalue weighted by atomic mass is 10.1. The number of carbonyl (C=O) groups excluding carboxylic acids is 1. The number of carbonyl (C=O) groups is 1. The maximum Gasteiger partial charge on any atom is 0.266 e. The minimum absolute atomic E-state index is 0.0893. The quantitative estimate of drug-likeness (QED) is 0.646. The van der Waals surface area contributed by atoms with Crippen molar-refractivity contribution in [1.29, 1.82) is 0 Å². The van der Waals surface area contributed by atoms with Crippen LogP contribution in [0.4, 0.5) is 0 Å². The van der Waals surface area contributed by atoms with Crippen molar-refractivity contribution in [3.8, 4) is 0 Å². The summed E-state index contributed by atoms with van der Waals surface area (Å²) in [5.41, 5.74) is 0.451. The van der Waals surface area contributed by atoms with E-state index in [0.29, 0.717) is 20.7 Å². The third-order valence-electron chi connectivity index (χ3n) is 4.82. The first-order chi connectivity index (χ1) is 13.0. The van der Waals surface area contributed by atoms with Crippen LogP contribution < -0.4 is 10.9 Å². The van der Waals surface area contributed by atoms with Crippen LogP contribution in [0.3, 0.4) is 0 Å². The average molecular weight is 387 g/mol. The highest BCUT2D eigenvalue weighted by Crippen LogP contribution is 2.22. The van der Waals surface area contributed by atoms with Gasteiger partial charge in [0.25, 0.3) is 11.5 Å². The molecule has 0 saturated heterocycles. The second-order valence-electron chi connectivity index (χ2n) is 6.72. The molecule has 0 bridgehead atoms. The van der Waals surface area contributed by atoms with Gasteiger partial charge in [-0.3, -0.25) is 14.0 Å². The summed E-state index contributed by atoms with van der Waals surface area (Å²) in [5, 5.41) is 3.53. The molecule has 0 spiro atoms. The van der Waals surface area contributed by atoms with Crippen LogP contribution in [0.25, 0.3) is 15.9 Å². The Morgan fingerprint density at radius 3 is 2.85 bits per heavy atom. The molecule has 0 unspecified atom stereocenters. The van der Waals surface area contributed by atoms with Crippen LogP contribution in [0.5, 0.6) is 0 Å². The molecule has 1 atom stereocenters. The van der Waals surface area contributed by atoms with Crippen molar-refractivity contribution in [1.82, 2.24) is 19.6 Å². The number of nitrogens with zero attached hydrogens (tertiary/aromatic N) is 3. The molecular formula is C20H26N4O2S. The highest BCUT2D eigenvalue weighted by molar-refractivity contribution is 7.20. The third kappa shape index (κ3) is 4.36. The van der Waals surface area contributed by atoms with E-state index in [0.717, 1.165) is 32.5 Å². The van der Waals surface area contributed by atoms with Crippen LogP contribution in [-0.4, -0.2) is 45.9 Å². The summed E-state index contributed by atoms with van der Waals surface area (Å²) in [5.74, 6) is -0.137. The van der Waals surface area contributed by atoms with E-state index >= 15 is 0 Å². The molecule has 0 aliphatic carbocycles. The van der Waals surface area contributed by atoms with Crippen molar-refractivity contribution in [2.45, 2.75) is 39.7 Å². The van der Waals surface area contributed by atoms with Crippen molar-refractivity contribution < 1.29 is 4.79 Å². The monoisotopic (exact) mass is 386 g/mol. The van der Waals surface area contributed by atoms with Gasteiger partial charge in [0.15, 0.2) is 0 Å². The highest BCUT2D eigenvalue weighted by Gasteiger charge is 2.16. The molecule has 0 aliphatic heterocycles. The van der Waals surface area contributed by atoms with Gasteiger partial charge < -0.3 is 10.2 Å². The maximum absolute atomic E-state index is 12.6. The molecule has 0 radical (unpaired) electrons. The fraction of sp³-hybridized carbons (Fsp3) is 0.450. The lowest BCUT2D eigenvalue weighted by Crippen LogP contribution is -2.33. The topological polar surface area (TPSA) is 66.7 Å². The van der Waals surface area contributed by atoms with Gasteiger partial charge in [-0.25, -0.2) is 4.98 Å². The number of thiophene rings is 1. The number of nitrogens with one attached hydrogen (secondary N) is 1. The van der Waals surface area contributed by atoms with Crippen LogP contribution in [0.15, 0.2) is 35.3 Å². The van der Waals surface area contributed by atoms with Crippen LogP contribution in [0.2, 0.25) is 0 Å². The van der Waals surface area contributed by atoms with E-state index in [4.69, 9.17) is 0 Å². The number of aromatic nitrogens is 2. The first-order valence-corrected chi connectivity index (χ1v) is 10.3. The Balaban J connectivity index is 1.70. The first kappa shape index (κ1) is 19.5. The van der Waals surface area contributed by atoms with Gasteiger partial charge in [-0.1, -0.05) is 19.9 Å². The predicted molar refractivity (Wildman–Crippen MR) is 111 cm³/mol. The summed E-state index contributed by atoms with van der Waals surface area (Å²) < 4.78 is 1.51. The molecule has 0 fully saturated rings. The molecule has 3 aromatic heterocycles. The standard InChI is InChI=1S/C20H26N4O2S/c1-4-23(5-2)11-8-9-14(3)21-18(25)16-13-15-19(27-16)22-17-10-6-7-12-24(17)20(15)26/h6-7,10,12-14H,4-5,8-9,11H2,1-3H3,(H,21,25)/t14-/m1/s1. The van der Waals surface area contributed by atoms with E-state index < -0.39 is 0 Å². The van der Waals surface area contributed by atoms with E-state index in [9.17, 15) is 9.59 Å². The number of amides is 1. The number of pyridine rings is 1. The van der Waals surface area contributed by atoms with Gasteiger partial charge in [-0.15, -0.1) is 11.3 Å². The fourth-order valence-corrected chi connectivity index (χ4v) is 4.12. The lowest BCUT2D eigenvalue weighted by molar-refractivity contribution is 0.0941. The fourth-order valence-electron chi connectivity index (χ4n) is 3.19. The van der Waals surface area contributed by atoms with Crippen LogP contribution in [-0.2, 0) is 0 Å². The van der Waals surface area contributed by atoms with E-state index in [1.54, 1.807) is 24.4 Å². The van der Waals surface area contributed by atoms with Crippen LogP contribution in [0, 0.1) is 0 Å². The summed E-state index contributed by atoms with van der Waals surface area (Å²) in [6.45, 7) is 9.50. The molecule has 7 heteroatoms. The molecule has 144 valence electrons. The number of fused-ring (bicyclic) bond motifs is 2. The first-order valence-electron chi connectivity index (χ1n) is 9.47. The molecule has 1 amide bonds. The SMILES string of the molecule is CCN(CC)CCC[C@@H](C)NC(=O)c1cc2c(=O)n3ccccc3nc2s1. The largest absolute Gasteiger partial charge is 0.349 e. The third-order valence-corrected chi connectivity index (χ3v) is 5.85. The van der Waals surface area contributed by atoms with Gasteiger partial charge in [0.1, 0.15) is 10.5 Å². The summed E-state index contributed by atoms with van der Waals surface area (Å²) in [6, 6.07) is 7.17. The summed E-state index contributed by atoms with van der Waals surface area (Å²) in [7, 11) is 0. The smallest absolute Gasteiger partial charge is 0.266 e. The maximum atomic E-state index is 12.6. The zero-order chi connectivity index (χ0) is 19.4. The molecule has 0 aliphatic rings. The molecular weight excluding hydrogens is 360 g/mol. The molecule has 0 aromatic carbocycles. The second kappa shape index (κ2) is 8.63. The molecule has 27 heavy (non-hydrogen) atoms. The van der Waals surface area contributed by atoms with Crippen molar-refractivity contribution in [3.05, 3.63) is 45.7 Å². The minimum atomic E-state index is -0.141. The van der Waals surface area contributed by atoms with Crippen molar-refractivity contribution in [3.63, 3.8) is 0 Å². The minimum Gasteiger partial charge on any atom is -0.349 e. The highest BCUT2D eigenvalue weighted by atomic mass is 32.1. The van der Waals surface area contributed by atoms with E-state index in [-0.39, 0.29) is 17.5 Å². The zero-order valence-corrected chi connectivity index (χ0v) is 16.9. The summed E-state index contributed by atoms with van der Waals surface area (Å²) >= 11 is 1.27. The van der Waals surface area contributed by atoms with Gasteiger partial charge in [-0.2, -0.15) is 0 Å². The number of rotatable bonds is 8.